The number of rotatable bonds is 4. The third-order valence-corrected chi connectivity index (χ3v) is 2.45. The van der Waals surface area contributed by atoms with Crippen LogP contribution in [0.1, 0.15) is 5.56 Å². The molecule has 82 valence electrons. The van der Waals surface area contributed by atoms with E-state index in [9.17, 15) is 9.59 Å². The number of halogens is 1. The van der Waals surface area contributed by atoms with Crippen LogP contribution in [-0.4, -0.2) is 25.0 Å². The van der Waals surface area contributed by atoms with E-state index in [1.54, 1.807) is 6.07 Å². The van der Waals surface area contributed by atoms with Crippen LogP contribution >= 0.6 is 15.9 Å². The summed E-state index contributed by atoms with van der Waals surface area (Å²) in [6.45, 7) is 1.87. The van der Waals surface area contributed by atoms with Crippen molar-refractivity contribution in [1.29, 1.82) is 0 Å². The van der Waals surface area contributed by atoms with Crippen LogP contribution in [0, 0.1) is 6.92 Å². The highest BCUT2D eigenvalue weighted by Gasteiger charge is 2.03. The van der Waals surface area contributed by atoms with Crippen LogP contribution in [0.4, 0.5) is 11.4 Å². The van der Waals surface area contributed by atoms with Crippen molar-refractivity contribution in [2.45, 2.75) is 6.92 Å². The van der Waals surface area contributed by atoms with Crippen LogP contribution in [0.3, 0.4) is 0 Å². The molecule has 0 aliphatic rings. The van der Waals surface area contributed by atoms with E-state index in [4.69, 9.17) is 0 Å². The second-order valence-electron chi connectivity index (χ2n) is 2.92. The zero-order chi connectivity index (χ0) is 12.0. The van der Waals surface area contributed by atoms with E-state index in [0.29, 0.717) is 23.9 Å². The molecule has 0 unspecified atom stereocenters. The smallest absolute Gasteiger partial charge is 0.161 e. The average Bonchev–Trinajstić information content (AvgIpc) is 2.26. The van der Waals surface area contributed by atoms with Gasteiger partial charge in [0.2, 0.25) is 0 Å². The number of nitrogens with zero attached hydrogens (tertiary/aromatic N) is 2. The van der Waals surface area contributed by atoms with Gasteiger partial charge in [-0.3, -0.25) is 19.6 Å². The third-order valence-electron chi connectivity index (χ3n) is 1.81. The number of hydrogen-bond acceptors (Lipinski definition) is 4. The van der Waals surface area contributed by atoms with Gasteiger partial charge in [-0.15, -0.1) is 0 Å². The Balaban J connectivity index is 3.20. The molecule has 0 amide bonds. The first kappa shape index (κ1) is 12.4. The van der Waals surface area contributed by atoms with Crippen LogP contribution < -0.4 is 0 Å². The molecule has 0 saturated heterocycles. The number of aliphatic imine (C=N–C) groups is 2. The summed E-state index contributed by atoms with van der Waals surface area (Å²) < 4.78 is 0.771. The first-order chi connectivity index (χ1) is 7.69. The molecule has 0 bridgehead atoms. The zero-order valence-electron chi connectivity index (χ0n) is 8.55. The molecule has 0 spiro atoms. The minimum Gasteiger partial charge on any atom is -0.297 e. The van der Waals surface area contributed by atoms with Gasteiger partial charge in [0, 0.05) is 4.47 Å². The number of benzene rings is 1. The Labute approximate surface area is 101 Å². The van der Waals surface area contributed by atoms with Crippen molar-refractivity contribution in [3.8, 4) is 0 Å². The summed E-state index contributed by atoms with van der Waals surface area (Å²) in [5, 5.41) is 0. The number of hydrogen-bond donors (Lipinski definition) is 0. The molecule has 0 radical (unpaired) electrons. The molecule has 0 heterocycles. The summed E-state index contributed by atoms with van der Waals surface area (Å²) in [5.74, 6) is 0. The lowest BCUT2D eigenvalue weighted by atomic mass is 10.2. The zero-order valence-corrected chi connectivity index (χ0v) is 10.1. The minimum absolute atomic E-state index is 0.593. The van der Waals surface area contributed by atoms with Gasteiger partial charge in [-0.25, -0.2) is 0 Å². The first-order valence-electron chi connectivity index (χ1n) is 4.45. The second kappa shape index (κ2) is 6.07. The molecule has 16 heavy (non-hydrogen) atoms. The van der Waals surface area contributed by atoms with E-state index in [1.807, 2.05) is 13.0 Å². The molecule has 0 aliphatic carbocycles. The molecule has 0 saturated carbocycles. The van der Waals surface area contributed by atoms with Gasteiger partial charge in [0.15, 0.2) is 12.6 Å². The van der Waals surface area contributed by atoms with Crippen LogP contribution in [0.15, 0.2) is 26.6 Å². The highest BCUT2D eigenvalue weighted by molar-refractivity contribution is 9.10. The van der Waals surface area contributed by atoms with Crippen LogP contribution in [-0.2, 0) is 9.59 Å². The Morgan fingerprint density at radius 1 is 1.06 bits per heavy atom. The fraction of sp³-hybridized carbons (Fsp3) is 0.0909. The number of aldehydes is 2. The van der Waals surface area contributed by atoms with E-state index >= 15 is 0 Å². The van der Waals surface area contributed by atoms with Gasteiger partial charge in [-0.05, 0) is 40.5 Å². The van der Waals surface area contributed by atoms with Crippen molar-refractivity contribution < 1.29 is 9.59 Å². The van der Waals surface area contributed by atoms with E-state index in [2.05, 4.69) is 25.9 Å². The van der Waals surface area contributed by atoms with Crippen molar-refractivity contribution in [2.75, 3.05) is 0 Å². The Morgan fingerprint density at radius 3 is 2.19 bits per heavy atom. The van der Waals surface area contributed by atoms with Gasteiger partial charge in [-0.2, -0.15) is 0 Å². The molecule has 4 nitrogen and oxygen atoms in total. The normalized spacial score (nSPS) is 11.1. The minimum atomic E-state index is 0.593. The third kappa shape index (κ3) is 3.20. The topological polar surface area (TPSA) is 58.9 Å². The summed E-state index contributed by atoms with van der Waals surface area (Å²) in [6, 6.07) is 3.52. The van der Waals surface area contributed by atoms with Gasteiger partial charge in [0.05, 0.1) is 23.8 Å². The van der Waals surface area contributed by atoms with Crippen LogP contribution in [0.2, 0.25) is 0 Å². The van der Waals surface area contributed by atoms with Gasteiger partial charge in [0.1, 0.15) is 0 Å². The second-order valence-corrected chi connectivity index (χ2v) is 3.77. The summed E-state index contributed by atoms with van der Waals surface area (Å²) in [4.78, 5) is 28.2. The van der Waals surface area contributed by atoms with E-state index in [1.165, 1.54) is 6.21 Å². The summed E-state index contributed by atoms with van der Waals surface area (Å²) in [6.07, 6.45) is 3.53. The number of carbonyl (C=O) groups is 2. The molecular weight excluding hydrogens is 272 g/mol. The lowest BCUT2D eigenvalue weighted by Gasteiger charge is -2.03. The molecule has 0 N–H and O–H groups in total. The van der Waals surface area contributed by atoms with Crippen molar-refractivity contribution in [1.82, 2.24) is 0 Å². The summed E-state index contributed by atoms with van der Waals surface area (Å²) >= 11 is 3.33. The Kier molecular flexibility index (Phi) is 4.72. The predicted molar refractivity (Wildman–Crippen MR) is 67.3 cm³/mol. The fourth-order valence-corrected chi connectivity index (χ4v) is 1.67. The molecule has 1 aromatic carbocycles. The molecule has 0 atom stereocenters. The maximum Gasteiger partial charge on any atom is 0.161 e. The molecule has 0 aliphatic heterocycles. The van der Waals surface area contributed by atoms with Gasteiger partial charge in [0.25, 0.3) is 0 Å². The fourth-order valence-electron chi connectivity index (χ4n) is 1.11. The van der Waals surface area contributed by atoms with Crippen molar-refractivity contribution in [2.24, 2.45) is 9.98 Å². The summed E-state index contributed by atoms with van der Waals surface area (Å²) in [5.41, 5.74) is 2.15. The SMILES string of the molecule is Cc1cc(Br)c(N=CC=O)cc1N=CC=O. The molecule has 1 aromatic rings. The van der Waals surface area contributed by atoms with E-state index in [-0.39, 0.29) is 0 Å². The first-order valence-corrected chi connectivity index (χ1v) is 5.24. The van der Waals surface area contributed by atoms with Crippen LogP contribution in [0.5, 0.6) is 0 Å². The van der Waals surface area contributed by atoms with Gasteiger partial charge >= 0.3 is 0 Å². The standard InChI is InChI=1S/C11H9BrN2O2/c1-8-6-9(12)11(14-3-5-16)7-10(8)13-2-4-15/h2-7H,1H3. The highest BCUT2D eigenvalue weighted by Crippen LogP contribution is 2.32. The average molecular weight is 281 g/mol. The Hall–Kier alpha value is -1.62. The highest BCUT2D eigenvalue weighted by atomic mass is 79.9. The van der Waals surface area contributed by atoms with Gasteiger partial charge in [-0.1, -0.05) is 0 Å². The largest absolute Gasteiger partial charge is 0.297 e. The lowest BCUT2D eigenvalue weighted by molar-refractivity contribution is -0.103. The van der Waals surface area contributed by atoms with Crippen LogP contribution in [0.25, 0.3) is 0 Å². The van der Waals surface area contributed by atoms with Crippen molar-refractivity contribution in [3.05, 3.63) is 22.2 Å². The molecule has 5 heteroatoms. The Morgan fingerprint density at radius 2 is 1.62 bits per heavy atom. The quantitative estimate of drug-likeness (QED) is 0.629. The van der Waals surface area contributed by atoms with Crippen molar-refractivity contribution >= 4 is 52.3 Å². The molecule has 1 rings (SSSR count). The maximum absolute atomic E-state index is 10.2. The van der Waals surface area contributed by atoms with Gasteiger partial charge < -0.3 is 0 Å². The molecule has 0 fully saturated rings. The number of carbonyl (C=O) groups excluding carboxylic acids is 2. The lowest BCUT2D eigenvalue weighted by Crippen LogP contribution is -1.80. The molecule has 0 aromatic heterocycles. The van der Waals surface area contributed by atoms with Crippen molar-refractivity contribution in [3.63, 3.8) is 0 Å². The number of aryl methyl sites for hydroxylation is 1. The Bertz CT molecular complexity index is 428. The predicted octanol–water partition coefficient (Wildman–Crippen LogP) is 2.56. The molecular formula is C11H9BrN2O2. The summed E-state index contributed by atoms with van der Waals surface area (Å²) in [7, 11) is 0. The van der Waals surface area contributed by atoms with E-state index < -0.39 is 0 Å². The monoisotopic (exact) mass is 280 g/mol. The van der Waals surface area contributed by atoms with E-state index in [0.717, 1.165) is 16.3 Å². The maximum atomic E-state index is 10.2.